The van der Waals surface area contributed by atoms with Gasteiger partial charge in [0.2, 0.25) is 11.3 Å². The van der Waals surface area contributed by atoms with Gasteiger partial charge in [-0.05, 0) is 53.3 Å². The van der Waals surface area contributed by atoms with Crippen LogP contribution in [0.25, 0.3) is 5.88 Å². The van der Waals surface area contributed by atoms with E-state index in [0.717, 1.165) is 0 Å². The first kappa shape index (κ1) is 22.3. The number of rotatable bonds is 6. The van der Waals surface area contributed by atoms with E-state index in [2.05, 4.69) is 37.0 Å². The molecule has 1 unspecified atom stereocenters. The van der Waals surface area contributed by atoms with Gasteiger partial charge in [0.1, 0.15) is 5.56 Å². The van der Waals surface area contributed by atoms with Crippen molar-refractivity contribution in [3.63, 3.8) is 0 Å². The van der Waals surface area contributed by atoms with E-state index in [-0.39, 0.29) is 16.6 Å². The summed E-state index contributed by atoms with van der Waals surface area (Å²) in [5.41, 5.74) is 1.42. The maximum absolute atomic E-state index is 12.7. The number of carbonyl (C=O) groups is 1. The number of aryl methyl sites for hydroxylation is 1. The average Bonchev–Trinajstić information content (AvgIpc) is 3.16. The van der Waals surface area contributed by atoms with Crippen LogP contribution in [0.3, 0.4) is 0 Å². The van der Waals surface area contributed by atoms with Crippen molar-refractivity contribution in [1.82, 2.24) is 19.8 Å². The predicted molar refractivity (Wildman–Crippen MR) is 119 cm³/mol. The summed E-state index contributed by atoms with van der Waals surface area (Å²) < 4.78 is 21.5. The number of benzene rings is 1. The molecule has 0 aliphatic heterocycles. The van der Waals surface area contributed by atoms with Crippen LogP contribution in [0.1, 0.15) is 27.3 Å². The normalized spacial score (nSPS) is 12.6. The molecule has 2 aromatic heterocycles. The molecule has 31 heavy (non-hydrogen) atoms. The Hall–Kier alpha value is -3.36. The number of pyridine rings is 1. The Morgan fingerprint density at radius 2 is 2.03 bits per heavy atom. The third kappa shape index (κ3) is 4.70. The Morgan fingerprint density at radius 3 is 2.61 bits per heavy atom. The standard InChI is InChI=1S/C20H18BrN5O4S/c1-12-8-17(30-25-12)26-10-16(19(27)18(21)13(26)2)20(28)23-9-14-4-6-15(7-5-14)31(3,29)24-11-22/h4-8,10H,3,9H2,1-2H3,(H,23,28)(H,24,29). The van der Waals surface area contributed by atoms with Crippen LogP contribution in [0.2, 0.25) is 0 Å². The molecule has 0 aliphatic rings. The molecular weight excluding hydrogens is 486 g/mol. The van der Waals surface area contributed by atoms with Crippen LogP contribution in [-0.2, 0) is 16.3 Å². The molecule has 0 saturated heterocycles. The van der Waals surface area contributed by atoms with Gasteiger partial charge in [-0.3, -0.25) is 14.2 Å². The maximum atomic E-state index is 12.7. The third-order valence-electron chi connectivity index (χ3n) is 4.45. The molecule has 160 valence electrons. The topological polar surface area (TPSA) is 130 Å². The van der Waals surface area contributed by atoms with Crippen LogP contribution in [0.4, 0.5) is 0 Å². The van der Waals surface area contributed by atoms with Gasteiger partial charge in [-0.1, -0.05) is 17.3 Å². The number of nitriles is 1. The molecule has 0 bridgehead atoms. The van der Waals surface area contributed by atoms with E-state index in [9.17, 15) is 13.8 Å². The number of halogens is 1. The van der Waals surface area contributed by atoms with Crippen LogP contribution in [-0.4, -0.2) is 25.7 Å². The molecule has 3 aromatic rings. The van der Waals surface area contributed by atoms with Gasteiger partial charge in [-0.15, -0.1) is 0 Å². The van der Waals surface area contributed by atoms with Crippen molar-refractivity contribution in [2.24, 2.45) is 0 Å². The molecule has 0 spiro atoms. The summed E-state index contributed by atoms with van der Waals surface area (Å²) in [5, 5.41) is 15.2. The Morgan fingerprint density at radius 1 is 1.35 bits per heavy atom. The summed E-state index contributed by atoms with van der Waals surface area (Å²) in [5.74, 6) is 3.32. The van der Waals surface area contributed by atoms with Gasteiger partial charge in [0.05, 0.1) is 24.8 Å². The van der Waals surface area contributed by atoms with Crippen molar-refractivity contribution in [1.29, 1.82) is 5.26 Å². The van der Waals surface area contributed by atoms with Gasteiger partial charge in [0.25, 0.3) is 5.91 Å². The minimum atomic E-state index is -2.91. The first-order valence-electron chi connectivity index (χ1n) is 8.89. The number of amides is 1. The van der Waals surface area contributed by atoms with Gasteiger partial charge in [-0.25, -0.2) is 8.93 Å². The highest BCUT2D eigenvalue weighted by Crippen LogP contribution is 2.19. The van der Waals surface area contributed by atoms with E-state index in [1.165, 1.54) is 6.20 Å². The Bertz CT molecular complexity index is 1350. The van der Waals surface area contributed by atoms with Crippen molar-refractivity contribution in [3.05, 3.63) is 73.7 Å². The lowest BCUT2D eigenvalue weighted by molar-refractivity contribution is 0.0949. The predicted octanol–water partition coefficient (Wildman–Crippen LogP) is 2.20. The van der Waals surface area contributed by atoms with Gasteiger partial charge in [0, 0.05) is 24.5 Å². The number of hydrogen-bond donors (Lipinski definition) is 2. The number of aromatic nitrogens is 2. The number of nitrogens with zero attached hydrogens (tertiary/aromatic N) is 3. The van der Waals surface area contributed by atoms with Crippen LogP contribution < -0.4 is 15.5 Å². The van der Waals surface area contributed by atoms with E-state index >= 15 is 0 Å². The second kappa shape index (κ2) is 8.79. The summed E-state index contributed by atoms with van der Waals surface area (Å²) in [6, 6.07) is 8.11. The molecule has 0 aliphatic carbocycles. The summed E-state index contributed by atoms with van der Waals surface area (Å²) >= 11 is 3.25. The van der Waals surface area contributed by atoms with Crippen LogP contribution >= 0.6 is 15.9 Å². The van der Waals surface area contributed by atoms with E-state index in [0.29, 0.717) is 27.7 Å². The van der Waals surface area contributed by atoms with Crippen LogP contribution in [0, 0.1) is 25.3 Å². The molecule has 2 N–H and O–H groups in total. The van der Waals surface area contributed by atoms with Crippen LogP contribution in [0.15, 0.2) is 55.2 Å². The second-order valence-electron chi connectivity index (χ2n) is 6.66. The lowest BCUT2D eigenvalue weighted by atomic mass is 10.2. The van der Waals surface area contributed by atoms with Crippen LogP contribution in [0.5, 0.6) is 0 Å². The highest BCUT2D eigenvalue weighted by atomic mass is 79.9. The fraction of sp³-hybridized carbons (Fsp3) is 0.150. The Kier molecular flexibility index (Phi) is 6.33. The van der Waals surface area contributed by atoms with Crippen molar-refractivity contribution >= 4 is 37.4 Å². The van der Waals surface area contributed by atoms with Gasteiger partial charge in [0.15, 0.2) is 6.19 Å². The maximum Gasteiger partial charge on any atom is 0.257 e. The molecule has 9 nitrogen and oxygen atoms in total. The molecule has 2 heterocycles. The van der Waals surface area contributed by atoms with Gasteiger partial charge < -0.3 is 9.84 Å². The highest BCUT2D eigenvalue weighted by molar-refractivity contribution is 9.10. The summed E-state index contributed by atoms with van der Waals surface area (Å²) in [4.78, 5) is 25.7. The second-order valence-corrected chi connectivity index (χ2v) is 9.48. The number of hydrogen-bond acceptors (Lipinski definition) is 6. The van der Waals surface area contributed by atoms with E-state index in [1.807, 2.05) is 0 Å². The number of carbonyl (C=O) groups excluding carboxylic acids is 1. The Balaban J connectivity index is 1.82. The molecule has 1 atom stereocenters. The quantitative estimate of drug-likeness (QED) is 0.301. The van der Waals surface area contributed by atoms with Crippen molar-refractivity contribution in [3.8, 4) is 12.1 Å². The smallest absolute Gasteiger partial charge is 0.257 e. The zero-order chi connectivity index (χ0) is 22.8. The average molecular weight is 504 g/mol. The molecule has 0 saturated carbocycles. The molecule has 1 aromatic carbocycles. The molecule has 0 radical (unpaired) electrons. The zero-order valence-corrected chi connectivity index (χ0v) is 19.0. The fourth-order valence-electron chi connectivity index (χ4n) is 2.76. The fourth-order valence-corrected chi connectivity index (χ4v) is 4.01. The minimum absolute atomic E-state index is 0.0675. The third-order valence-corrected chi connectivity index (χ3v) is 6.84. The first-order chi connectivity index (χ1) is 14.6. The lowest BCUT2D eigenvalue weighted by Crippen LogP contribution is -2.30. The van der Waals surface area contributed by atoms with Crippen molar-refractivity contribution < 1.29 is 13.5 Å². The monoisotopic (exact) mass is 503 g/mol. The van der Waals surface area contributed by atoms with E-state index < -0.39 is 21.0 Å². The molecule has 11 heteroatoms. The van der Waals surface area contributed by atoms with Crippen molar-refractivity contribution in [2.75, 3.05) is 0 Å². The number of nitrogens with one attached hydrogen (secondary N) is 2. The zero-order valence-electron chi connectivity index (χ0n) is 16.6. The van der Waals surface area contributed by atoms with E-state index in [4.69, 9.17) is 9.78 Å². The molecule has 3 rings (SSSR count). The first-order valence-corrected chi connectivity index (χ1v) is 11.4. The van der Waals surface area contributed by atoms with Gasteiger partial charge >= 0.3 is 0 Å². The molecule has 0 fully saturated rings. The summed E-state index contributed by atoms with van der Waals surface area (Å²) in [6.07, 6.45) is 3.03. The van der Waals surface area contributed by atoms with E-state index in [1.54, 1.807) is 54.9 Å². The lowest BCUT2D eigenvalue weighted by Gasteiger charge is -2.12. The largest absolute Gasteiger partial charge is 0.348 e. The summed E-state index contributed by atoms with van der Waals surface area (Å²) in [6.45, 7) is 3.62. The van der Waals surface area contributed by atoms with Crippen molar-refractivity contribution in [2.45, 2.75) is 25.3 Å². The molecule has 1 amide bonds. The highest BCUT2D eigenvalue weighted by Gasteiger charge is 2.19. The minimum Gasteiger partial charge on any atom is -0.348 e. The molecular formula is C20H18BrN5O4S. The SMILES string of the molecule is C=S(=O)(NC#N)c1ccc(CNC(=O)c2cn(-c3cc(C)no3)c(C)c(Br)c2=O)cc1. The summed E-state index contributed by atoms with van der Waals surface area (Å²) in [7, 11) is -2.91. The Labute approximate surface area is 186 Å². The van der Waals surface area contributed by atoms with Gasteiger partial charge in [-0.2, -0.15) is 5.26 Å².